The van der Waals surface area contributed by atoms with E-state index in [0.717, 1.165) is 30.5 Å². The van der Waals surface area contributed by atoms with Crippen LogP contribution in [0.5, 0.6) is 5.75 Å². The number of benzene rings is 3. The molecule has 0 aliphatic carbocycles. The minimum absolute atomic E-state index is 0.0349. The lowest BCUT2D eigenvalue weighted by Crippen LogP contribution is -2.16. The number of hydrogen-bond acceptors (Lipinski definition) is 1. The molecule has 0 amide bonds. The summed E-state index contributed by atoms with van der Waals surface area (Å²) in [5.41, 5.74) is 2.07. The number of alkyl halides is 3. The predicted molar refractivity (Wildman–Crippen MR) is 112 cm³/mol. The second kappa shape index (κ2) is 9.94. The van der Waals surface area contributed by atoms with Crippen molar-refractivity contribution >= 4 is 0 Å². The van der Waals surface area contributed by atoms with Crippen LogP contribution in [0, 0.1) is 11.6 Å². The summed E-state index contributed by atoms with van der Waals surface area (Å²) in [5.74, 6) is -2.47. The normalized spacial score (nSPS) is 11.5. The summed E-state index contributed by atoms with van der Waals surface area (Å²) in [7, 11) is 0. The maximum absolute atomic E-state index is 14.8. The summed E-state index contributed by atoms with van der Waals surface area (Å²) in [5, 5.41) is 0. The largest absolute Gasteiger partial charge is 0.573 e. The Morgan fingerprint density at radius 3 is 1.68 bits per heavy atom. The molecule has 0 aliphatic heterocycles. The van der Waals surface area contributed by atoms with Crippen LogP contribution in [0.3, 0.4) is 0 Å². The van der Waals surface area contributed by atoms with E-state index in [4.69, 9.17) is 0 Å². The molecule has 0 heterocycles. The van der Waals surface area contributed by atoms with Crippen LogP contribution >= 0.6 is 0 Å². The number of unbranched alkanes of at least 4 members (excludes halogenated alkanes) is 3. The molecule has 164 valence electrons. The number of aryl methyl sites for hydroxylation is 1. The highest BCUT2D eigenvalue weighted by Gasteiger charge is 2.31. The molecule has 0 bridgehead atoms. The highest BCUT2D eigenvalue weighted by atomic mass is 19.4. The molecule has 0 N–H and O–H groups in total. The van der Waals surface area contributed by atoms with Gasteiger partial charge in [0, 0.05) is 11.1 Å². The minimum atomic E-state index is -4.81. The molecular weight excluding hydrogens is 411 g/mol. The van der Waals surface area contributed by atoms with Crippen LogP contribution in [-0.2, 0) is 6.42 Å². The smallest absolute Gasteiger partial charge is 0.406 e. The van der Waals surface area contributed by atoms with Gasteiger partial charge in [0.05, 0.1) is 0 Å². The fraction of sp³-hybridized carbons (Fsp3) is 0.280. The van der Waals surface area contributed by atoms with Gasteiger partial charge in [0.15, 0.2) is 11.6 Å². The molecule has 0 saturated heterocycles. The first kappa shape index (κ1) is 22.8. The molecule has 0 saturated carbocycles. The fourth-order valence-corrected chi connectivity index (χ4v) is 3.44. The quantitative estimate of drug-likeness (QED) is 0.256. The van der Waals surface area contributed by atoms with Gasteiger partial charge in [0.25, 0.3) is 0 Å². The van der Waals surface area contributed by atoms with Gasteiger partial charge in [-0.15, -0.1) is 13.2 Å². The predicted octanol–water partition coefficient (Wildman–Crippen LogP) is 8.32. The van der Waals surface area contributed by atoms with E-state index in [1.54, 1.807) is 12.1 Å². The second-order valence-electron chi connectivity index (χ2n) is 7.37. The Morgan fingerprint density at radius 2 is 1.19 bits per heavy atom. The van der Waals surface area contributed by atoms with E-state index in [0.29, 0.717) is 5.56 Å². The molecule has 0 radical (unpaired) electrons. The van der Waals surface area contributed by atoms with Crippen LogP contribution in [0.15, 0.2) is 60.7 Å². The highest BCUT2D eigenvalue weighted by Crippen LogP contribution is 2.33. The lowest BCUT2D eigenvalue weighted by Gasteiger charge is -2.11. The average Bonchev–Trinajstić information content (AvgIpc) is 2.73. The van der Waals surface area contributed by atoms with Gasteiger partial charge >= 0.3 is 6.36 Å². The molecule has 0 aliphatic rings. The van der Waals surface area contributed by atoms with E-state index in [-0.39, 0.29) is 16.7 Å². The summed E-state index contributed by atoms with van der Waals surface area (Å²) >= 11 is 0. The van der Waals surface area contributed by atoms with Crippen molar-refractivity contribution in [1.82, 2.24) is 0 Å². The van der Waals surface area contributed by atoms with Gasteiger partial charge in [0.1, 0.15) is 5.75 Å². The second-order valence-corrected chi connectivity index (χ2v) is 7.37. The average molecular weight is 434 g/mol. The Hall–Kier alpha value is -2.89. The molecule has 3 rings (SSSR count). The van der Waals surface area contributed by atoms with E-state index in [1.807, 2.05) is 12.1 Å². The van der Waals surface area contributed by atoms with Gasteiger partial charge in [-0.1, -0.05) is 74.7 Å². The molecule has 0 aromatic heterocycles. The van der Waals surface area contributed by atoms with Crippen molar-refractivity contribution in [2.45, 2.75) is 45.4 Å². The van der Waals surface area contributed by atoms with E-state index >= 15 is 0 Å². The summed E-state index contributed by atoms with van der Waals surface area (Å²) in [6.07, 6.45) is 0.772. The zero-order valence-electron chi connectivity index (χ0n) is 17.1. The van der Waals surface area contributed by atoms with Crippen LogP contribution in [-0.4, -0.2) is 6.36 Å². The lowest BCUT2D eigenvalue weighted by atomic mass is 9.97. The standard InChI is InChI=1S/C25H23F5O/c1-2-3-4-5-6-17-7-9-18(10-8-17)21-15-16-22(24(27)23(21)26)19-11-13-20(14-12-19)31-25(28,29)30/h7-16H,2-6H2,1H3. The monoisotopic (exact) mass is 434 g/mol. The van der Waals surface area contributed by atoms with E-state index in [9.17, 15) is 22.0 Å². The first-order valence-corrected chi connectivity index (χ1v) is 10.2. The van der Waals surface area contributed by atoms with Crippen LogP contribution in [0.25, 0.3) is 22.3 Å². The number of rotatable bonds is 8. The van der Waals surface area contributed by atoms with Crippen LogP contribution in [0.2, 0.25) is 0 Å². The van der Waals surface area contributed by atoms with Gasteiger partial charge in [-0.3, -0.25) is 0 Å². The lowest BCUT2D eigenvalue weighted by molar-refractivity contribution is -0.274. The van der Waals surface area contributed by atoms with Crippen molar-refractivity contribution in [2.75, 3.05) is 0 Å². The fourth-order valence-electron chi connectivity index (χ4n) is 3.44. The van der Waals surface area contributed by atoms with Crippen molar-refractivity contribution in [1.29, 1.82) is 0 Å². The Morgan fingerprint density at radius 1 is 0.677 bits per heavy atom. The topological polar surface area (TPSA) is 9.23 Å². The molecule has 3 aromatic rings. The van der Waals surface area contributed by atoms with E-state index in [2.05, 4.69) is 11.7 Å². The Bertz CT molecular complexity index is 992. The molecular formula is C25H23F5O. The number of ether oxygens (including phenoxy) is 1. The Labute approximate surface area is 178 Å². The molecule has 0 unspecified atom stereocenters. The maximum Gasteiger partial charge on any atom is 0.573 e. The molecule has 31 heavy (non-hydrogen) atoms. The SMILES string of the molecule is CCCCCCc1ccc(-c2ccc(-c3ccc(OC(F)(F)F)cc3)c(F)c2F)cc1. The Balaban J connectivity index is 1.77. The molecule has 0 fully saturated rings. The van der Waals surface area contributed by atoms with Crippen LogP contribution in [0.4, 0.5) is 22.0 Å². The maximum atomic E-state index is 14.8. The van der Waals surface area contributed by atoms with Crippen LogP contribution in [0.1, 0.15) is 38.2 Å². The van der Waals surface area contributed by atoms with Gasteiger partial charge in [-0.05, 0) is 41.7 Å². The first-order chi connectivity index (χ1) is 14.8. The minimum Gasteiger partial charge on any atom is -0.406 e. The molecule has 0 spiro atoms. The van der Waals surface area contributed by atoms with Crippen molar-refractivity contribution in [3.8, 4) is 28.0 Å². The Kier molecular flexibility index (Phi) is 7.31. The van der Waals surface area contributed by atoms with E-state index < -0.39 is 23.7 Å². The van der Waals surface area contributed by atoms with E-state index in [1.165, 1.54) is 43.5 Å². The van der Waals surface area contributed by atoms with Crippen molar-refractivity contribution in [3.05, 3.63) is 77.9 Å². The zero-order chi connectivity index (χ0) is 22.4. The molecule has 3 aromatic carbocycles. The summed E-state index contributed by atoms with van der Waals surface area (Å²) < 4.78 is 70.1. The highest BCUT2D eigenvalue weighted by molar-refractivity contribution is 5.72. The van der Waals surface area contributed by atoms with Gasteiger partial charge < -0.3 is 4.74 Å². The zero-order valence-corrected chi connectivity index (χ0v) is 17.1. The number of halogens is 5. The number of hydrogen-bond donors (Lipinski definition) is 0. The summed E-state index contributed by atoms with van der Waals surface area (Å²) in [6, 6.07) is 14.9. The third-order valence-corrected chi connectivity index (χ3v) is 5.07. The summed E-state index contributed by atoms with van der Waals surface area (Å²) in [6.45, 7) is 2.16. The van der Waals surface area contributed by atoms with Gasteiger partial charge in [0.2, 0.25) is 0 Å². The molecule has 0 atom stereocenters. The first-order valence-electron chi connectivity index (χ1n) is 10.2. The van der Waals surface area contributed by atoms with Crippen molar-refractivity contribution in [3.63, 3.8) is 0 Å². The summed E-state index contributed by atoms with van der Waals surface area (Å²) in [4.78, 5) is 0. The molecule has 6 heteroatoms. The third kappa shape index (κ3) is 6.06. The van der Waals surface area contributed by atoms with Crippen molar-refractivity contribution in [2.24, 2.45) is 0 Å². The van der Waals surface area contributed by atoms with Gasteiger partial charge in [-0.2, -0.15) is 0 Å². The molecule has 1 nitrogen and oxygen atoms in total. The van der Waals surface area contributed by atoms with Crippen LogP contribution < -0.4 is 4.74 Å². The van der Waals surface area contributed by atoms with Crippen molar-refractivity contribution < 1.29 is 26.7 Å². The third-order valence-electron chi connectivity index (χ3n) is 5.07. The van der Waals surface area contributed by atoms with Gasteiger partial charge in [-0.25, -0.2) is 8.78 Å².